The molecule has 0 spiro atoms. The van der Waals surface area contributed by atoms with Crippen LogP contribution in [0.25, 0.3) is 92.9 Å². The lowest BCUT2D eigenvalue weighted by molar-refractivity contribution is 0.670. The second-order valence-corrected chi connectivity index (χ2v) is 14.8. The van der Waals surface area contributed by atoms with Gasteiger partial charge in [0, 0.05) is 49.6 Å². The van der Waals surface area contributed by atoms with Crippen LogP contribution in [0.5, 0.6) is 0 Å². The largest absolute Gasteiger partial charge is 0.455 e. The van der Waals surface area contributed by atoms with Crippen LogP contribution in [0.1, 0.15) is 0 Å². The summed E-state index contributed by atoms with van der Waals surface area (Å²) in [5.74, 6) is 0. The Bertz CT molecular complexity index is 3520. The van der Waals surface area contributed by atoms with Gasteiger partial charge in [-0.3, -0.25) is 0 Å². The molecule has 3 heteroatoms. The molecule has 0 amide bonds. The van der Waals surface area contributed by atoms with Crippen molar-refractivity contribution in [1.82, 2.24) is 4.57 Å². The molecule has 266 valence electrons. The van der Waals surface area contributed by atoms with Crippen LogP contribution in [-0.2, 0) is 0 Å². The standard InChI is InChI=1S/C54H34N2O/c1-3-16-38(17-4-1)55(40-32-30-36-29-28-35-14-7-8-20-41(35)46(36)34-40)48-26-11-15-37-31-33-50-53(51(37)48)45-24-12-23-43(54(45)57-50)42-22-13-27-49-52(42)44-21-9-10-25-47(44)56(49)39-18-5-2-6-19-39/h1-34H. The summed E-state index contributed by atoms with van der Waals surface area (Å²) in [5, 5.41) is 11.9. The molecular weight excluding hydrogens is 693 g/mol. The first-order chi connectivity index (χ1) is 28.3. The van der Waals surface area contributed by atoms with E-state index < -0.39 is 0 Å². The number of benzene rings is 10. The molecule has 0 fully saturated rings. The number of fused-ring (bicyclic) bond motifs is 11. The third-order valence-corrected chi connectivity index (χ3v) is 11.7. The number of anilines is 3. The fourth-order valence-electron chi connectivity index (χ4n) is 9.28. The van der Waals surface area contributed by atoms with Gasteiger partial charge in [-0.25, -0.2) is 0 Å². The van der Waals surface area contributed by atoms with Gasteiger partial charge in [-0.2, -0.15) is 0 Å². The van der Waals surface area contributed by atoms with E-state index in [2.05, 4.69) is 216 Å². The number of furan rings is 1. The molecule has 0 unspecified atom stereocenters. The van der Waals surface area contributed by atoms with Crippen molar-refractivity contribution >= 4 is 93.1 Å². The zero-order chi connectivity index (χ0) is 37.5. The van der Waals surface area contributed by atoms with Crippen LogP contribution in [0.3, 0.4) is 0 Å². The van der Waals surface area contributed by atoms with Gasteiger partial charge in [0.15, 0.2) is 0 Å². The van der Waals surface area contributed by atoms with Crippen LogP contribution in [0.15, 0.2) is 211 Å². The van der Waals surface area contributed by atoms with E-state index in [-0.39, 0.29) is 0 Å². The maximum absolute atomic E-state index is 7.03. The number of rotatable bonds is 5. The summed E-state index contributed by atoms with van der Waals surface area (Å²) < 4.78 is 9.40. The summed E-state index contributed by atoms with van der Waals surface area (Å²) in [7, 11) is 0. The highest BCUT2D eigenvalue weighted by Gasteiger charge is 2.23. The lowest BCUT2D eigenvalue weighted by Crippen LogP contribution is -2.10. The first-order valence-corrected chi connectivity index (χ1v) is 19.5. The van der Waals surface area contributed by atoms with E-state index in [1.54, 1.807) is 0 Å². The van der Waals surface area contributed by atoms with Gasteiger partial charge in [0.1, 0.15) is 11.2 Å². The normalized spacial score (nSPS) is 11.9. The van der Waals surface area contributed by atoms with Gasteiger partial charge in [0.25, 0.3) is 0 Å². The summed E-state index contributed by atoms with van der Waals surface area (Å²) in [5.41, 5.74) is 10.8. The number of hydrogen-bond acceptors (Lipinski definition) is 2. The van der Waals surface area contributed by atoms with Crippen molar-refractivity contribution in [2.75, 3.05) is 4.90 Å². The van der Waals surface area contributed by atoms with Crippen LogP contribution < -0.4 is 4.90 Å². The van der Waals surface area contributed by atoms with Crippen LogP contribution in [0.2, 0.25) is 0 Å². The minimum absolute atomic E-state index is 0.869. The third-order valence-electron chi connectivity index (χ3n) is 11.7. The molecule has 0 saturated heterocycles. The fraction of sp³-hybridized carbons (Fsp3) is 0. The average molecular weight is 727 g/mol. The lowest BCUT2D eigenvalue weighted by Gasteiger charge is -2.27. The van der Waals surface area contributed by atoms with E-state index in [0.29, 0.717) is 0 Å². The summed E-state index contributed by atoms with van der Waals surface area (Å²) in [6, 6.07) is 74.3. The number of hydrogen-bond donors (Lipinski definition) is 0. The van der Waals surface area contributed by atoms with E-state index in [0.717, 1.165) is 66.6 Å². The highest BCUT2D eigenvalue weighted by atomic mass is 16.3. The summed E-state index contributed by atoms with van der Waals surface area (Å²) in [6.45, 7) is 0. The van der Waals surface area contributed by atoms with Crippen LogP contribution >= 0.6 is 0 Å². The maximum Gasteiger partial charge on any atom is 0.143 e. The van der Waals surface area contributed by atoms with Crippen molar-refractivity contribution in [3.05, 3.63) is 206 Å². The SMILES string of the molecule is c1ccc(N(c2ccc3ccc4ccccc4c3c2)c2cccc3ccc4oc5c(-c6cccc7c6c6ccccc6n7-c6ccccc6)cccc5c4c23)cc1. The molecule has 0 aliphatic heterocycles. The van der Waals surface area contributed by atoms with Crippen LogP contribution in [0, 0.1) is 0 Å². The Morgan fingerprint density at radius 3 is 1.88 bits per heavy atom. The Balaban J connectivity index is 1.13. The van der Waals surface area contributed by atoms with E-state index >= 15 is 0 Å². The van der Waals surface area contributed by atoms with E-state index in [1.807, 2.05) is 0 Å². The topological polar surface area (TPSA) is 21.3 Å². The van der Waals surface area contributed by atoms with Gasteiger partial charge >= 0.3 is 0 Å². The second-order valence-electron chi connectivity index (χ2n) is 14.8. The molecule has 0 aliphatic carbocycles. The molecule has 0 N–H and O–H groups in total. The van der Waals surface area contributed by atoms with E-state index in [1.165, 1.54) is 43.4 Å². The fourth-order valence-corrected chi connectivity index (χ4v) is 9.28. The molecule has 3 nitrogen and oxygen atoms in total. The molecular formula is C54H34N2O. The highest BCUT2D eigenvalue weighted by Crippen LogP contribution is 2.47. The monoisotopic (exact) mass is 726 g/mol. The molecule has 57 heavy (non-hydrogen) atoms. The molecule has 0 radical (unpaired) electrons. The van der Waals surface area contributed by atoms with Crippen molar-refractivity contribution in [3.8, 4) is 16.8 Å². The Hall–Kier alpha value is -7.62. The van der Waals surface area contributed by atoms with Crippen molar-refractivity contribution in [1.29, 1.82) is 0 Å². The Kier molecular flexibility index (Phi) is 6.93. The summed E-state index contributed by atoms with van der Waals surface area (Å²) in [6.07, 6.45) is 0. The molecule has 0 atom stereocenters. The summed E-state index contributed by atoms with van der Waals surface area (Å²) in [4.78, 5) is 2.41. The molecule has 10 aromatic carbocycles. The average Bonchev–Trinajstić information content (AvgIpc) is 3.84. The number of aromatic nitrogens is 1. The van der Waals surface area contributed by atoms with Crippen molar-refractivity contribution < 1.29 is 4.42 Å². The summed E-state index contributed by atoms with van der Waals surface area (Å²) >= 11 is 0. The number of para-hydroxylation sites is 4. The quantitative estimate of drug-likeness (QED) is 0.165. The van der Waals surface area contributed by atoms with Crippen LogP contribution in [-0.4, -0.2) is 4.57 Å². The van der Waals surface area contributed by atoms with Gasteiger partial charge in [0.05, 0.1) is 16.7 Å². The third kappa shape index (κ3) is 4.79. The number of nitrogens with zero attached hydrogens (tertiary/aromatic N) is 2. The molecule has 0 saturated carbocycles. The Morgan fingerprint density at radius 1 is 0.368 bits per heavy atom. The Labute approximate surface area is 328 Å². The van der Waals surface area contributed by atoms with Gasteiger partial charge in [-0.15, -0.1) is 0 Å². The minimum Gasteiger partial charge on any atom is -0.455 e. The zero-order valence-corrected chi connectivity index (χ0v) is 30.9. The van der Waals surface area contributed by atoms with Crippen LogP contribution in [0.4, 0.5) is 17.1 Å². The minimum atomic E-state index is 0.869. The highest BCUT2D eigenvalue weighted by molar-refractivity contribution is 6.26. The van der Waals surface area contributed by atoms with Crippen molar-refractivity contribution in [3.63, 3.8) is 0 Å². The van der Waals surface area contributed by atoms with Crippen molar-refractivity contribution in [2.24, 2.45) is 0 Å². The first-order valence-electron chi connectivity index (χ1n) is 19.5. The second kappa shape index (κ2) is 12.5. The predicted molar refractivity (Wildman–Crippen MR) is 241 cm³/mol. The smallest absolute Gasteiger partial charge is 0.143 e. The Morgan fingerprint density at radius 2 is 1.00 bits per heavy atom. The molecule has 0 bridgehead atoms. The van der Waals surface area contributed by atoms with E-state index in [4.69, 9.17) is 4.42 Å². The predicted octanol–water partition coefficient (Wildman–Crippen LogP) is 15.3. The first kappa shape index (κ1) is 31.7. The van der Waals surface area contributed by atoms with Gasteiger partial charge < -0.3 is 13.9 Å². The zero-order valence-electron chi connectivity index (χ0n) is 30.9. The molecule has 0 aliphatic rings. The van der Waals surface area contributed by atoms with E-state index in [9.17, 15) is 0 Å². The van der Waals surface area contributed by atoms with Gasteiger partial charge in [-0.05, 0) is 93.2 Å². The van der Waals surface area contributed by atoms with Gasteiger partial charge in [0.2, 0.25) is 0 Å². The van der Waals surface area contributed by atoms with Crippen molar-refractivity contribution in [2.45, 2.75) is 0 Å². The van der Waals surface area contributed by atoms with Gasteiger partial charge in [-0.1, -0.05) is 146 Å². The molecule has 2 heterocycles. The molecule has 12 rings (SSSR count). The lowest BCUT2D eigenvalue weighted by atomic mass is 9.96. The maximum atomic E-state index is 7.03. The molecule has 2 aromatic heterocycles. The molecule has 12 aromatic rings.